The third-order valence-electron chi connectivity index (χ3n) is 2.00. The van der Waals surface area contributed by atoms with Crippen LogP contribution in [0.5, 0.6) is 0 Å². The second-order valence-corrected chi connectivity index (χ2v) is 3.57. The molecule has 0 spiro atoms. The topological polar surface area (TPSA) is 124 Å². The smallest absolute Gasteiger partial charge is 0.299 e. The Morgan fingerprint density at radius 3 is 2.47 bits per heavy atom. The zero-order valence-electron chi connectivity index (χ0n) is 9.12. The van der Waals surface area contributed by atoms with Gasteiger partial charge in [-0.25, -0.2) is 0 Å². The quantitative estimate of drug-likeness (QED) is 0.589. The fourth-order valence-corrected chi connectivity index (χ4v) is 1.21. The molecule has 1 aromatic rings. The van der Waals surface area contributed by atoms with Crippen LogP contribution in [0.4, 0.5) is 17.1 Å². The van der Waals surface area contributed by atoms with Crippen LogP contribution in [0.1, 0.15) is 6.92 Å². The van der Waals surface area contributed by atoms with Crippen molar-refractivity contribution in [2.45, 2.75) is 13.0 Å². The van der Waals surface area contributed by atoms with Gasteiger partial charge < -0.3 is 11.1 Å². The zero-order valence-corrected chi connectivity index (χ0v) is 9.12. The summed E-state index contributed by atoms with van der Waals surface area (Å²) in [4.78, 5) is 19.9. The van der Waals surface area contributed by atoms with Gasteiger partial charge >= 0.3 is 0 Å². The molecule has 1 atom stereocenters. The van der Waals surface area contributed by atoms with E-state index in [9.17, 15) is 20.2 Å². The van der Waals surface area contributed by atoms with Crippen LogP contribution in [0.15, 0.2) is 18.2 Å². The lowest BCUT2D eigenvalue weighted by molar-refractivity contribution is -0.393. The van der Waals surface area contributed by atoms with Gasteiger partial charge in [0.2, 0.25) is 0 Å². The predicted octanol–water partition coefficient (Wildman–Crippen LogP) is 1.26. The molecule has 0 aromatic heterocycles. The maximum Gasteiger partial charge on any atom is 0.299 e. The molecule has 1 aromatic carbocycles. The van der Waals surface area contributed by atoms with Crippen molar-refractivity contribution in [3.63, 3.8) is 0 Å². The van der Waals surface area contributed by atoms with Crippen molar-refractivity contribution in [3.8, 4) is 0 Å². The van der Waals surface area contributed by atoms with E-state index < -0.39 is 9.85 Å². The fraction of sp³-hybridized carbons (Fsp3) is 0.333. The summed E-state index contributed by atoms with van der Waals surface area (Å²) in [6.07, 6.45) is 0. The fourth-order valence-electron chi connectivity index (χ4n) is 1.21. The van der Waals surface area contributed by atoms with E-state index in [1.165, 1.54) is 12.1 Å². The van der Waals surface area contributed by atoms with E-state index in [2.05, 4.69) is 5.32 Å². The lowest BCUT2D eigenvalue weighted by atomic mass is 10.2. The molecule has 0 bridgehead atoms. The largest absolute Gasteiger partial charge is 0.378 e. The predicted molar refractivity (Wildman–Crippen MR) is 61.9 cm³/mol. The Bertz CT molecular complexity index is 447. The van der Waals surface area contributed by atoms with Crippen LogP contribution < -0.4 is 11.1 Å². The third kappa shape index (κ3) is 3.38. The summed E-state index contributed by atoms with van der Waals surface area (Å²) in [5.41, 5.74) is 5.07. The zero-order chi connectivity index (χ0) is 13.0. The number of hydrogen-bond acceptors (Lipinski definition) is 6. The maximum absolute atomic E-state index is 10.8. The van der Waals surface area contributed by atoms with Crippen LogP contribution in [0.2, 0.25) is 0 Å². The van der Waals surface area contributed by atoms with E-state index >= 15 is 0 Å². The Hall–Kier alpha value is -2.22. The molecule has 0 heterocycles. The first-order valence-corrected chi connectivity index (χ1v) is 4.84. The molecule has 0 unspecified atom stereocenters. The molecule has 0 saturated heterocycles. The number of nitrogens with two attached hydrogens (primary N) is 1. The summed E-state index contributed by atoms with van der Waals surface area (Å²) < 4.78 is 0. The van der Waals surface area contributed by atoms with E-state index in [0.717, 1.165) is 6.07 Å². The van der Waals surface area contributed by atoms with Gasteiger partial charge in [0.25, 0.3) is 11.4 Å². The number of rotatable bonds is 5. The van der Waals surface area contributed by atoms with E-state index in [4.69, 9.17) is 5.73 Å². The maximum atomic E-state index is 10.8. The van der Waals surface area contributed by atoms with Gasteiger partial charge in [-0.2, -0.15) is 0 Å². The van der Waals surface area contributed by atoms with Crippen LogP contribution in [-0.2, 0) is 0 Å². The third-order valence-corrected chi connectivity index (χ3v) is 2.00. The number of benzene rings is 1. The minimum absolute atomic E-state index is 0.176. The molecule has 1 rings (SSSR count). The molecular weight excluding hydrogens is 228 g/mol. The SMILES string of the molecule is C[C@H](N)CNc1ccc([N+](=O)[O-])cc1[N+](=O)[O-]. The van der Waals surface area contributed by atoms with Crippen molar-refractivity contribution in [2.24, 2.45) is 5.73 Å². The molecule has 0 amide bonds. The molecule has 0 aliphatic carbocycles. The second kappa shape index (κ2) is 5.21. The van der Waals surface area contributed by atoms with Crippen molar-refractivity contribution in [3.05, 3.63) is 38.4 Å². The molecule has 92 valence electrons. The summed E-state index contributed by atoms with van der Waals surface area (Å²) in [6, 6.07) is 3.25. The molecule has 8 heteroatoms. The van der Waals surface area contributed by atoms with Crippen molar-refractivity contribution >= 4 is 17.1 Å². The first-order valence-electron chi connectivity index (χ1n) is 4.84. The number of nitro benzene ring substituents is 2. The normalized spacial score (nSPS) is 11.9. The van der Waals surface area contributed by atoms with E-state index in [0.29, 0.717) is 6.54 Å². The summed E-state index contributed by atoms with van der Waals surface area (Å²) in [6.45, 7) is 2.09. The van der Waals surface area contributed by atoms with Gasteiger partial charge in [-0.3, -0.25) is 20.2 Å². The van der Waals surface area contributed by atoms with Crippen molar-refractivity contribution < 1.29 is 9.85 Å². The number of nitrogens with zero attached hydrogens (tertiary/aromatic N) is 2. The van der Waals surface area contributed by atoms with Gasteiger partial charge in [-0.15, -0.1) is 0 Å². The van der Waals surface area contributed by atoms with Gasteiger partial charge in [0.05, 0.1) is 15.9 Å². The lowest BCUT2D eigenvalue weighted by Crippen LogP contribution is -2.25. The summed E-state index contributed by atoms with van der Waals surface area (Å²) in [5.74, 6) is 0. The summed E-state index contributed by atoms with van der Waals surface area (Å²) >= 11 is 0. The summed E-state index contributed by atoms with van der Waals surface area (Å²) in [7, 11) is 0. The van der Waals surface area contributed by atoms with Crippen LogP contribution in [0, 0.1) is 20.2 Å². The molecule has 0 aliphatic heterocycles. The second-order valence-electron chi connectivity index (χ2n) is 3.57. The van der Waals surface area contributed by atoms with Gasteiger partial charge in [0.1, 0.15) is 5.69 Å². The van der Waals surface area contributed by atoms with E-state index in [1.54, 1.807) is 6.92 Å². The van der Waals surface area contributed by atoms with Crippen LogP contribution in [-0.4, -0.2) is 22.4 Å². The minimum Gasteiger partial charge on any atom is -0.378 e. The van der Waals surface area contributed by atoms with Gasteiger partial charge in [-0.1, -0.05) is 0 Å². The molecule has 0 saturated carbocycles. The number of nitrogens with one attached hydrogen (secondary N) is 1. The highest BCUT2D eigenvalue weighted by Crippen LogP contribution is 2.28. The first-order chi connectivity index (χ1) is 7.91. The molecular formula is C9H12N4O4. The first kappa shape index (κ1) is 12.8. The Kier molecular flexibility index (Phi) is 3.94. The molecule has 3 N–H and O–H groups in total. The van der Waals surface area contributed by atoms with E-state index in [-0.39, 0.29) is 23.1 Å². The van der Waals surface area contributed by atoms with Gasteiger partial charge in [0, 0.05) is 18.7 Å². The van der Waals surface area contributed by atoms with Crippen molar-refractivity contribution in [1.29, 1.82) is 0 Å². The standard InChI is InChI=1S/C9H12N4O4/c1-6(10)5-11-8-3-2-7(12(14)15)4-9(8)13(16)17/h2-4,6,11H,5,10H2,1H3/t6-/m0/s1. The number of nitro groups is 2. The number of non-ortho nitro benzene ring substituents is 1. The Morgan fingerprint density at radius 2 is 2.00 bits per heavy atom. The monoisotopic (exact) mass is 240 g/mol. The minimum atomic E-state index is -0.678. The Morgan fingerprint density at radius 1 is 1.35 bits per heavy atom. The lowest BCUT2D eigenvalue weighted by Gasteiger charge is -2.08. The highest BCUT2D eigenvalue weighted by Gasteiger charge is 2.19. The van der Waals surface area contributed by atoms with Crippen LogP contribution in [0.3, 0.4) is 0 Å². The Labute approximate surface area is 96.7 Å². The molecule has 0 fully saturated rings. The van der Waals surface area contributed by atoms with Crippen molar-refractivity contribution in [1.82, 2.24) is 0 Å². The molecule has 8 nitrogen and oxygen atoms in total. The average molecular weight is 240 g/mol. The van der Waals surface area contributed by atoms with Gasteiger partial charge in [0.15, 0.2) is 0 Å². The van der Waals surface area contributed by atoms with Crippen LogP contribution >= 0.6 is 0 Å². The highest BCUT2D eigenvalue weighted by molar-refractivity contribution is 5.65. The molecule has 17 heavy (non-hydrogen) atoms. The number of anilines is 1. The van der Waals surface area contributed by atoms with Crippen molar-refractivity contribution in [2.75, 3.05) is 11.9 Å². The van der Waals surface area contributed by atoms with Gasteiger partial charge in [-0.05, 0) is 13.0 Å². The Balaban J connectivity index is 3.04. The highest BCUT2D eigenvalue weighted by atomic mass is 16.6. The summed E-state index contributed by atoms with van der Waals surface area (Å²) in [5, 5.41) is 24.0. The van der Waals surface area contributed by atoms with Crippen LogP contribution in [0.25, 0.3) is 0 Å². The van der Waals surface area contributed by atoms with E-state index in [1.807, 2.05) is 0 Å². The molecule has 0 radical (unpaired) electrons. The number of hydrogen-bond donors (Lipinski definition) is 2. The molecule has 0 aliphatic rings. The average Bonchev–Trinajstić information content (AvgIpc) is 2.25.